The average molecular weight is 144 g/mol. The molecular formula is C7H16OSi. The molecule has 0 aromatic rings. The molecule has 1 nitrogen and oxygen atoms in total. The molecule has 54 valence electrons. The van der Waals surface area contributed by atoms with E-state index in [2.05, 4.69) is 0 Å². The molecule has 0 saturated heterocycles. The van der Waals surface area contributed by atoms with Crippen molar-refractivity contribution in [2.75, 3.05) is 7.11 Å². The van der Waals surface area contributed by atoms with E-state index in [1.807, 2.05) is 7.11 Å². The summed E-state index contributed by atoms with van der Waals surface area (Å²) in [4.78, 5) is 0. The Bertz CT molecular complexity index is 85.0. The highest BCUT2D eigenvalue weighted by molar-refractivity contribution is 6.11. The number of hydrogen-bond donors (Lipinski definition) is 0. The minimum absolute atomic E-state index is 0.598. The Balaban J connectivity index is 2.23. The first kappa shape index (κ1) is 7.29. The predicted octanol–water partition coefficient (Wildman–Crippen LogP) is 0.729. The van der Waals surface area contributed by atoms with E-state index < -0.39 is 0 Å². The second-order valence-electron chi connectivity index (χ2n) is 3.13. The number of rotatable bonds is 1. The number of ether oxygens (including phenoxy) is 1. The van der Waals surface area contributed by atoms with Crippen LogP contribution < -0.4 is 0 Å². The highest BCUT2D eigenvalue weighted by Crippen LogP contribution is 2.27. The highest BCUT2D eigenvalue weighted by atomic mass is 28.1. The molecule has 0 bridgehead atoms. The van der Waals surface area contributed by atoms with Crippen LogP contribution in [0.2, 0.25) is 5.54 Å². The van der Waals surface area contributed by atoms with Gasteiger partial charge in [-0.25, -0.2) is 0 Å². The lowest BCUT2D eigenvalue weighted by Gasteiger charge is -2.25. The fraction of sp³-hybridized carbons (Fsp3) is 1.00. The normalized spacial score (nSPS) is 37.0. The van der Waals surface area contributed by atoms with Gasteiger partial charge in [0.2, 0.25) is 0 Å². The van der Waals surface area contributed by atoms with Gasteiger partial charge < -0.3 is 4.74 Å². The molecule has 0 radical (unpaired) electrons. The van der Waals surface area contributed by atoms with Crippen molar-refractivity contribution in [3.8, 4) is 0 Å². The van der Waals surface area contributed by atoms with Crippen molar-refractivity contribution in [1.82, 2.24) is 0 Å². The molecule has 0 aliphatic heterocycles. The van der Waals surface area contributed by atoms with Crippen LogP contribution >= 0.6 is 0 Å². The van der Waals surface area contributed by atoms with E-state index in [1.54, 1.807) is 0 Å². The summed E-state index contributed by atoms with van der Waals surface area (Å²) in [5.74, 6) is 0. The summed E-state index contributed by atoms with van der Waals surface area (Å²) in [6.07, 6.45) is 6.10. The van der Waals surface area contributed by atoms with Crippen LogP contribution in [0.1, 0.15) is 25.7 Å². The molecule has 2 atom stereocenters. The third-order valence-electron chi connectivity index (χ3n) is 2.22. The van der Waals surface area contributed by atoms with Gasteiger partial charge in [0.15, 0.2) is 0 Å². The van der Waals surface area contributed by atoms with Crippen LogP contribution in [0.5, 0.6) is 0 Å². The Kier molecular flexibility index (Phi) is 2.73. The molecule has 0 heterocycles. The summed E-state index contributed by atoms with van der Waals surface area (Å²) in [5.41, 5.74) is 1.03. The van der Waals surface area contributed by atoms with Gasteiger partial charge in [-0.3, -0.25) is 0 Å². The Hall–Kier alpha value is 0.177. The Morgan fingerprint density at radius 1 is 1.44 bits per heavy atom. The molecule has 1 fully saturated rings. The van der Waals surface area contributed by atoms with Gasteiger partial charge in [0, 0.05) is 17.4 Å². The monoisotopic (exact) mass is 144 g/mol. The summed E-state index contributed by atoms with van der Waals surface area (Å²) >= 11 is 0. The van der Waals surface area contributed by atoms with Crippen LogP contribution in [0, 0.1) is 0 Å². The molecule has 0 amide bonds. The summed E-state index contributed by atoms with van der Waals surface area (Å²) in [6.45, 7) is 0. The predicted molar refractivity (Wildman–Crippen MR) is 43.0 cm³/mol. The maximum Gasteiger partial charge on any atom is 0.0571 e. The zero-order chi connectivity index (χ0) is 6.69. The lowest BCUT2D eigenvalue weighted by atomic mass is 9.97. The molecule has 0 aromatic carbocycles. The van der Waals surface area contributed by atoms with Crippen molar-refractivity contribution >= 4 is 10.2 Å². The van der Waals surface area contributed by atoms with E-state index in [0.29, 0.717) is 6.10 Å². The lowest BCUT2D eigenvalue weighted by molar-refractivity contribution is 0.0713. The van der Waals surface area contributed by atoms with Gasteiger partial charge in [0.1, 0.15) is 0 Å². The van der Waals surface area contributed by atoms with Crippen molar-refractivity contribution in [3.05, 3.63) is 0 Å². The Morgan fingerprint density at radius 2 is 2.22 bits per heavy atom. The SMILES string of the molecule is COC1CCCC([SiH3])C1. The zero-order valence-corrected chi connectivity index (χ0v) is 8.39. The Labute approximate surface area is 60.2 Å². The minimum Gasteiger partial charge on any atom is -0.381 e. The van der Waals surface area contributed by atoms with Gasteiger partial charge in [-0.1, -0.05) is 18.4 Å². The summed E-state index contributed by atoms with van der Waals surface area (Å²) in [5, 5.41) is 0. The first-order chi connectivity index (χ1) is 4.33. The summed E-state index contributed by atoms with van der Waals surface area (Å²) in [6, 6.07) is 0. The fourth-order valence-electron chi connectivity index (χ4n) is 1.59. The van der Waals surface area contributed by atoms with Crippen molar-refractivity contribution in [3.63, 3.8) is 0 Å². The van der Waals surface area contributed by atoms with Crippen molar-refractivity contribution in [2.24, 2.45) is 0 Å². The molecule has 0 N–H and O–H groups in total. The molecule has 0 spiro atoms. The smallest absolute Gasteiger partial charge is 0.0571 e. The van der Waals surface area contributed by atoms with Crippen LogP contribution in [0.4, 0.5) is 0 Å². The third kappa shape index (κ3) is 2.10. The number of methoxy groups -OCH3 is 1. The molecule has 1 rings (SSSR count). The molecule has 1 aliphatic carbocycles. The topological polar surface area (TPSA) is 9.23 Å². The van der Waals surface area contributed by atoms with Gasteiger partial charge in [0.05, 0.1) is 6.10 Å². The molecular weight excluding hydrogens is 128 g/mol. The maximum absolute atomic E-state index is 5.28. The molecule has 9 heavy (non-hydrogen) atoms. The van der Waals surface area contributed by atoms with Crippen LogP contribution in [0.25, 0.3) is 0 Å². The van der Waals surface area contributed by atoms with E-state index in [9.17, 15) is 0 Å². The zero-order valence-electron chi connectivity index (χ0n) is 6.39. The number of hydrogen-bond acceptors (Lipinski definition) is 1. The summed E-state index contributed by atoms with van der Waals surface area (Å²) < 4.78 is 5.28. The van der Waals surface area contributed by atoms with E-state index >= 15 is 0 Å². The minimum atomic E-state index is 0.598. The van der Waals surface area contributed by atoms with E-state index in [4.69, 9.17) is 4.74 Å². The van der Waals surface area contributed by atoms with Gasteiger partial charge in [0.25, 0.3) is 0 Å². The van der Waals surface area contributed by atoms with Gasteiger partial charge in [-0.15, -0.1) is 0 Å². The van der Waals surface area contributed by atoms with Crippen molar-refractivity contribution in [1.29, 1.82) is 0 Å². The van der Waals surface area contributed by atoms with Crippen LogP contribution in [0.15, 0.2) is 0 Å². The highest BCUT2D eigenvalue weighted by Gasteiger charge is 2.17. The summed E-state index contributed by atoms with van der Waals surface area (Å²) in [7, 11) is 3.20. The van der Waals surface area contributed by atoms with Gasteiger partial charge in [-0.05, 0) is 12.8 Å². The van der Waals surface area contributed by atoms with Crippen molar-refractivity contribution in [2.45, 2.75) is 37.3 Å². The standard InChI is InChI=1S/C7H16OSi/c1-8-6-3-2-4-7(9)5-6/h6-7H,2-5H2,1,9H3. The third-order valence-corrected chi connectivity index (χ3v) is 3.27. The average Bonchev–Trinajstić information content (AvgIpc) is 1.88. The second kappa shape index (κ2) is 3.37. The molecule has 1 aliphatic rings. The van der Waals surface area contributed by atoms with Gasteiger partial charge in [-0.2, -0.15) is 0 Å². The van der Waals surface area contributed by atoms with Gasteiger partial charge >= 0.3 is 0 Å². The quantitative estimate of drug-likeness (QED) is 0.493. The Morgan fingerprint density at radius 3 is 2.67 bits per heavy atom. The van der Waals surface area contributed by atoms with Crippen LogP contribution in [-0.4, -0.2) is 23.5 Å². The first-order valence-electron chi connectivity index (χ1n) is 3.85. The molecule has 1 saturated carbocycles. The molecule has 2 heteroatoms. The maximum atomic E-state index is 5.28. The lowest BCUT2D eigenvalue weighted by Crippen LogP contribution is -2.18. The van der Waals surface area contributed by atoms with E-state index in [0.717, 1.165) is 5.54 Å². The van der Waals surface area contributed by atoms with E-state index in [-0.39, 0.29) is 0 Å². The second-order valence-corrected chi connectivity index (χ2v) is 4.76. The van der Waals surface area contributed by atoms with Crippen LogP contribution in [-0.2, 0) is 4.74 Å². The van der Waals surface area contributed by atoms with Crippen LogP contribution in [0.3, 0.4) is 0 Å². The van der Waals surface area contributed by atoms with Crippen molar-refractivity contribution < 1.29 is 4.74 Å². The fourth-order valence-corrected chi connectivity index (χ4v) is 2.53. The first-order valence-corrected chi connectivity index (χ1v) is 5.01. The molecule has 2 unspecified atom stereocenters. The molecule has 0 aromatic heterocycles. The van der Waals surface area contributed by atoms with E-state index in [1.165, 1.54) is 35.9 Å². The largest absolute Gasteiger partial charge is 0.381 e.